The van der Waals surface area contributed by atoms with Crippen molar-refractivity contribution < 1.29 is 27.5 Å². The van der Waals surface area contributed by atoms with Crippen LogP contribution in [-0.4, -0.2) is 18.5 Å². The Labute approximate surface area is 148 Å². The van der Waals surface area contributed by atoms with Crippen molar-refractivity contribution in [3.8, 4) is 0 Å². The number of rotatable bonds is 5. The van der Waals surface area contributed by atoms with Crippen molar-refractivity contribution in [3.63, 3.8) is 0 Å². The predicted molar refractivity (Wildman–Crippen MR) is 91.2 cm³/mol. The summed E-state index contributed by atoms with van der Waals surface area (Å²) in [6.45, 7) is 1.36. The van der Waals surface area contributed by atoms with E-state index in [1.165, 1.54) is 18.2 Å². The molecule has 136 valence electrons. The van der Waals surface area contributed by atoms with E-state index in [0.29, 0.717) is 11.3 Å². The molecule has 2 aromatic carbocycles. The molecule has 4 nitrogen and oxygen atoms in total. The first kappa shape index (κ1) is 19.2. The van der Waals surface area contributed by atoms with E-state index < -0.39 is 30.2 Å². The Kier molecular flexibility index (Phi) is 6.16. The number of esters is 1. The van der Waals surface area contributed by atoms with Gasteiger partial charge in [-0.05, 0) is 42.3 Å². The molecule has 26 heavy (non-hydrogen) atoms. The average molecular weight is 363 g/mol. The summed E-state index contributed by atoms with van der Waals surface area (Å²) in [5.74, 6) is -1.26. The number of carbonyl (C=O) groups is 2. The quantitative estimate of drug-likeness (QED) is 0.640. The van der Waals surface area contributed by atoms with Gasteiger partial charge in [0.25, 0.3) is 5.91 Å². The van der Waals surface area contributed by atoms with Crippen LogP contribution in [0.2, 0.25) is 0 Å². The van der Waals surface area contributed by atoms with Gasteiger partial charge in [0.1, 0.15) is 0 Å². The summed E-state index contributed by atoms with van der Waals surface area (Å²) in [5.41, 5.74) is 1.12. The van der Waals surface area contributed by atoms with Gasteiger partial charge in [-0.1, -0.05) is 30.3 Å². The summed E-state index contributed by atoms with van der Waals surface area (Å²) in [6, 6.07) is 11.4. The number of nitrogens with one attached hydrogen (secondary N) is 1. The molecule has 0 saturated carbocycles. The van der Waals surface area contributed by atoms with E-state index in [1.54, 1.807) is 12.1 Å². The van der Waals surface area contributed by atoms with Gasteiger partial charge in [0, 0.05) is 11.8 Å². The third-order valence-electron chi connectivity index (χ3n) is 3.41. The number of alkyl halides is 3. The molecule has 0 unspecified atom stereocenters. The third kappa shape index (κ3) is 5.77. The molecule has 0 aliphatic rings. The summed E-state index contributed by atoms with van der Waals surface area (Å²) >= 11 is 0. The molecule has 7 heteroatoms. The molecule has 2 rings (SSSR count). The number of para-hydroxylation sites is 1. The zero-order valence-electron chi connectivity index (χ0n) is 13.8. The summed E-state index contributed by atoms with van der Waals surface area (Å²) < 4.78 is 42.2. The van der Waals surface area contributed by atoms with Crippen molar-refractivity contribution in [2.45, 2.75) is 13.1 Å². The van der Waals surface area contributed by atoms with Gasteiger partial charge in [0.05, 0.1) is 5.56 Å². The van der Waals surface area contributed by atoms with E-state index in [1.807, 2.05) is 19.1 Å². The number of halogens is 3. The van der Waals surface area contributed by atoms with E-state index in [4.69, 9.17) is 4.74 Å². The highest BCUT2D eigenvalue weighted by molar-refractivity contribution is 5.95. The number of carbonyl (C=O) groups excluding carboxylic acids is 2. The number of hydrogen-bond acceptors (Lipinski definition) is 3. The Morgan fingerprint density at radius 3 is 2.35 bits per heavy atom. The van der Waals surface area contributed by atoms with Gasteiger partial charge in [0.15, 0.2) is 6.61 Å². The molecule has 0 spiro atoms. The second-order valence-electron chi connectivity index (χ2n) is 5.42. The second-order valence-corrected chi connectivity index (χ2v) is 5.42. The number of ether oxygens (including phenoxy) is 1. The van der Waals surface area contributed by atoms with Gasteiger partial charge in [-0.25, -0.2) is 4.79 Å². The maximum absolute atomic E-state index is 12.5. The van der Waals surface area contributed by atoms with E-state index in [2.05, 4.69) is 5.32 Å². The summed E-state index contributed by atoms with van der Waals surface area (Å²) in [5, 5.41) is 2.61. The second kappa shape index (κ2) is 8.33. The highest BCUT2D eigenvalue weighted by atomic mass is 19.4. The molecule has 1 amide bonds. The van der Waals surface area contributed by atoms with Crippen LogP contribution in [0.15, 0.2) is 54.6 Å². The maximum Gasteiger partial charge on any atom is 0.416 e. The standard InChI is InChI=1S/C19H16F3NO3/c1-13-4-2-3-5-16(13)23-17(24)12-26-18(25)11-8-14-6-9-15(10-7-14)19(20,21)22/h2-11H,12H2,1H3,(H,23,24)/b11-8+. The van der Waals surface area contributed by atoms with E-state index >= 15 is 0 Å². The summed E-state index contributed by atoms with van der Waals surface area (Å²) in [7, 11) is 0. The minimum atomic E-state index is -4.41. The molecule has 0 aliphatic heterocycles. The van der Waals surface area contributed by atoms with Crippen LogP contribution in [-0.2, 0) is 20.5 Å². The van der Waals surface area contributed by atoms with Gasteiger partial charge in [-0.2, -0.15) is 13.2 Å². The fourth-order valence-corrected chi connectivity index (χ4v) is 2.03. The maximum atomic E-state index is 12.5. The fourth-order valence-electron chi connectivity index (χ4n) is 2.03. The monoisotopic (exact) mass is 363 g/mol. The number of amides is 1. The molecule has 0 bridgehead atoms. The number of aryl methyl sites for hydroxylation is 1. The molecule has 0 heterocycles. The molecular formula is C19H16F3NO3. The number of benzene rings is 2. The zero-order valence-corrected chi connectivity index (χ0v) is 13.8. The van der Waals surface area contributed by atoms with Gasteiger partial charge in [-0.3, -0.25) is 4.79 Å². The largest absolute Gasteiger partial charge is 0.452 e. The van der Waals surface area contributed by atoms with Crippen molar-refractivity contribution in [1.29, 1.82) is 0 Å². The van der Waals surface area contributed by atoms with Gasteiger partial charge in [0.2, 0.25) is 0 Å². The lowest BCUT2D eigenvalue weighted by molar-refractivity contribution is -0.142. The number of hydrogen-bond donors (Lipinski definition) is 1. The lowest BCUT2D eigenvalue weighted by Gasteiger charge is -2.08. The summed E-state index contributed by atoms with van der Waals surface area (Å²) in [6.07, 6.45) is -2.06. The van der Waals surface area contributed by atoms with Gasteiger partial charge in [-0.15, -0.1) is 0 Å². The Hall–Kier alpha value is -3.09. The minimum Gasteiger partial charge on any atom is -0.452 e. The Balaban J connectivity index is 1.83. The lowest BCUT2D eigenvalue weighted by Crippen LogP contribution is -2.20. The van der Waals surface area contributed by atoms with E-state index in [0.717, 1.165) is 23.8 Å². The Morgan fingerprint density at radius 2 is 1.73 bits per heavy atom. The molecule has 1 N–H and O–H groups in total. The Morgan fingerprint density at radius 1 is 1.08 bits per heavy atom. The van der Waals surface area contributed by atoms with Crippen molar-refractivity contribution >= 4 is 23.6 Å². The Bertz CT molecular complexity index is 812. The van der Waals surface area contributed by atoms with Crippen LogP contribution in [0.5, 0.6) is 0 Å². The first-order valence-electron chi connectivity index (χ1n) is 7.63. The van der Waals surface area contributed by atoms with E-state index in [9.17, 15) is 22.8 Å². The molecule has 0 radical (unpaired) electrons. The highest BCUT2D eigenvalue weighted by Crippen LogP contribution is 2.29. The third-order valence-corrected chi connectivity index (χ3v) is 3.41. The van der Waals surface area contributed by atoms with Crippen LogP contribution in [0.4, 0.5) is 18.9 Å². The SMILES string of the molecule is Cc1ccccc1NC(=O)COC(=O)/C=C/c1ccc(C(F)(F)F)cc1. The smallest absolute Gasteiger partial charge is 0.416 e. The van der Waals surface area contributed by atoms with Crippen LogP contribution in [0, 0.1) is 6.92 Å². The summed E-state index contributed by atoms with van der Waals surface area (Å²) in [4.78, 5) is 23.4. The van der Waals surface area contributed by atoms with Crippen molar-refractivity contribution in [2.75, 3.05) is 11.9 Å². The average Bonchev–Trinajstić information content (AvgIpc) is 2.60. The molecule has 0 fully saturated rings. The van der Waals surface area contributed by atoms with Crippen LogP contribution in [0.3, 0.4) is 0 Å². The van der Waals surface area contributed by atoms with Crippen molar-refractivity contribution in [3.05, 3.63) is 71.3 Å². The first-order chi connectivity index (χ1) is 12.3. The fraction of sp³-hybridized carbons (Fsp3) is 0.158. The molecular weight excluding hydrogens is 347 g/mol. The zero-order chi connectivity index (χ0) is 19.2. The van der Waals surface area contributed by atoms with Crippen LogP contribution < -0.4 is 5.32 Å². The molecule has 0 saturated heterocycles. The van der Waals surface area contributed by atoms with Crippen LogP contribution >= 0.6 is 0 Å². The molecule has 0 aromatic heterocycles. The van der Waals surface area contributed by atoms with Crippen LogP contribution in [0.25, 0.3) is 6.08 Å². The molecule has 2 aromatic rings. The lowest BCUT2D eigenvalue weighted by atomic mass is 10.1. The topological polar surface area (TPSA) is 55.4 Å². The first-order valence-corrected chi connectivity index (χ1v) is 7.63. The van der Waals surface area contributed by atoms with Gasteiger partial charge >= 0.3 is 12.1 Å². The van der Waals surface area contributed by atoms with Crippen molar-refractivity contribution in [2.24, 2.45) is 0 Å². The van der Waals surface area contributed by atoms with E-state index in [-0.39, 0.29) is 0 Å². The predicted octanol–water partition coefficient (Wildman–Crippen LogP) is 4.21. The highest BCUT2D eigenvalue weighted by Gasteiger charge is 2.29. The molecule has 0 aliphatic carbocycles. The normalized spacial score (nSPS) is 11.4. The van der Waals surface area contributed by atoms with Crippen LogP contribution in [0.1, 0.15) is 16.7 Å². The molecule has 0 atom stereocenters. The minimum absolute atomic E-state index is 0.402. The van der Waals surface area contributed by atoms with Crippen molar-refractivity contribution in [1.82, 2.24) is 0 Å². The number of anilines is 1. The van der Waals surface area contributed by atoms with Gasteiger partial charge < -0.3 is 10.1 Å².